The third kappa shape index (κ3) is 4.64. The Balaban J connectivity index is 2.49. The van der Waals surface area contributed by atoms with Crippen LogP contribution in [0.5, 0.6) is 0 Å². The summed E-state index contributed by atoms with van der Waals surface area (Å²) in [6, 6.07) is 12.1. The summed E-state index contributed by atoms with van der Waals surface area (Å²) in [6.45, 7) is 4.15. The quantitative estimate of drug-likeness (QED) is 0.565. The molecule has 0 aliphatic carbocycles. The van der Waals surface area contributed by atoms with Crippen molar-refractivity contribution in [1.82, 2.24) is 4.90 Å². The maximum atomic E-state index is 8.64. The smallest absolute Gasteiger partial charge is 0.0873 e. The van der Waals surface area contributed by atoms with E-state index in [4.69, 9.17) is 5.26 Å². The van der Waals surface area contributed by atoms with Crippen molar-refractivity contribution in [1.29, 1.82) is 5.26 Å². The first-order valence-corrected chi connectivity index (χ1v) is 5.50. The molecule has 0 bridgehead atoms. The second kappa shape index (κ2) is 7.51. The third-order valence-corrected chi connectivity index (χ3v) is 2.14. The van der Waals surface area contributed by atoms with E-state index in [0.717, 1.165) is 18.5 Å². The molecule has 2 heteroatoms. The van der Waals surface area contributed by atoms with E-state index in [9.17, 15) is 0 Å². The van der Waals surface area contributed by atoms with Gasteiger partial charge < -0.3 is 0 Å². The summed E-state index contributed by atoms with van der Waals surface area (Å²) in [5, 5.41) is 8.64. The summed E-state index contributed by atoms with van der Waals surface area (Å²) in [5.74, 6) is 6.19. The largest absolute Gasteiger partial charge is 0.279 e. The first-order chi connectivity index (χ1) is 7.86. The van der Waals surface area contributed by atoms with Crippen LogP contribution in [0.2, 0.25) is 0 Å². The van der Waals surface area contributed by atoms with E-state index < -0.39 is 0 Å². The topological polar surface area (TPSA) is 27.0 Å². The van der Waals surface area contributed by atoms with Crippen LogP contribution in [0, 0.1) is 23.2 Å². The molecule has 0 spiro atoms. The highest BCUT2D eigenvalue weighted by atomic mass is 15.1. The molecule has 0 amide bonds. The van der Waals surface area contributed by atoms with Gasteiger partial charge in [-0.25, -0.2) is 0 Å². The summed E-state index contributed by atoms with van der Waals surface area (Å²) in [7, 11) is 0. The highest BCUT2D eigenvalue weighted by Gasteiger charge is 1.98. The average molecular weight is 212 g/mol. The van der Waals surface area contributed by atoms with Gasteiger partial charge >= 0.3 is 0 Å². The molecule has 16 heavy (non-hydrogen) atoms. The minimum absolute atomic E-state index is 0.456. The number of hydrogen-bond acceptors (Lipinski definition) is 2. The molecule has 1 aromatic carbocycles. The fourth-order valence-electron chi connectivity index (χ4n) is 1.41. The molecule has 0 atom stereocenters. The summed E-state index contributed by atoms with van der Waals surface area (Å²) < 4.78 is 0. The van der Waals surface area contributed by atoms with Gasteiger partial charge in [-0.1, -0.05) is 37.0 Å². The van der Waals surface area contributed by atoms with Crippen LogP contribution in [0.25, 0.3) is 0 Å². The molecule has 0 radical (unpaired) electrons. The molecule has 0 heterocycles. The molecule has 0 aliphatic heterocycles. The highest BCUT2D eigenvalue weighted by molar-refractivity contribution is 5.33. The van der Waals surface area contributed by atoms with Crippen LogP contribution in [0.3, 0.4) is 0 Å². The second-order valence-electron chi connectivity index (χ2n) is 3.54. The molecule has 0 N–H and O–H groups in total. The Morgan fingerprint density at radius 1 is 1.19 bits per heavy atom. The zero-order chi connectivity index (χ0) is 11.6. The number of benzene rings is 1. The van der Waals surface area contributed by atoms with Gasteiger partial charge in [0.1, 0.15) is 0 Å². The van der Waals surface area contributed by atoms with Crippen LogP contribution >= 0.6 is 0 Å². The van der Waals surface area contributed by atoms with Gasteiger partial charge in [-0.05, 0) is 25.1 Å². The van der Waals surface area contributed by atoms with Gasteiger partial charge in [-0.3, -0.25) is 4.90 Å². The van der Waals surface area contributed by atoms with E-state index in [1.807, 2.05) is 30.3 Å². The molecular formula is C14H16N2. The molecular weight excluding hydrogens is 196 g/mol. The molecule has 0 aromatic heterocycles. The van der Waals surface area contributed by atoms with E-state index >= 15 is 0 Å². The van der Waals surface area contributed by atoms with Crippen molar-refractivity contribution in [3.8, 4) is 17.9 Å². The van der Waals surface area contributed by atoms with Crippen molar-refractivity contribution in [3.63, 3.8) is 0 Å². The van der Waals surface area contributed by atoms with Gasteiger partial charge in [0.05, 0.1) is 19.2 Å². The van der Waals surface area contributed by atoms with Crippen LogP contribution in [0.1, 0.15) is 18.9 Å². The van der Waals surface area contributed by atoms with Gasteiger partial charge in [0, 0.05) is 5.56 Å². The standard InChI is InChI=1S/C14H16N2/c1-2-11-16(13-10-15)12-6-9-14-7-4-3-5-8-14/h3-5,7-8H,2,11-13H2,1H3. The zero-order valence-electron chi connectivity index (χ0n) is 9.61. The Morgan fingerprint density at radius 2 is 1.94 bits per heavy atom. The Morgan fingerprint density at radius 3 is 2.56 bits per heavy atom. The first kappa shape index (κ1) is 12.3. The lowest BCUT2D eigenvalue weighted by Crippen LogP contribution is -2.25. The molecule has 0 fully saturated rings. The van der Waals surface area contributed by atoms with E-state index in [1.54, 1.807) is 0 Å². The van der Waals surface area contributed by atoms with Crippen molar-refractivity contribution in [2.45, 2.75) is 13.3 Å². The molecule has 2 nitrogen and oxygen atoms in total. The van der Waals surface area contributed by atoms with Gasteiger partial charge in [0.25, 0.3) is 0 Å². The second-order valence-corrected chi connectivity index (χ2v) is 3.54. The molecule has 82 valence electrons. The fraction of sp³-hybridized carbons (Fsp3) is 0.357. The molecule has 0 aliphatic rings. The summed E-state index contributed by atoms with van der Waals surface area (Å²) in [5.41, 5.74) is 1.02. The highest BCUT2D eigenvalue weighted by Crippen LogP contribution is 1.95. The van der Waals surface area contributed by atoms with E-state index in [2.05, 4.69) is 29.7 Å². The Bertz CT molecular complexity index is 392. The summed E-state index contributed by atoms with van der Waals surface area (Å²) in [6.07, 6.45) is 1.05. The number of nitrogens with zero attached hydrogens (tertiary/aromatic N) is 2. The van der Waals surface area contributed by atoms with E-state index in [0.29, 0.717) is 13.1 Å². The lowest BCUT2D eigenvalue weighted by atomic mass is 10.2. The van der Waals surface area contributed by atoms with Gasteiger partial charge in [-0.15, -0.1) is 0 Å². The lowest BCUT2D eigenvalue weighted by Gasteiger charge is -2.13. The predicted molar refractivity (Wildman–Crippen MR) is 65.7 cm³/mol. The molecule has 0 unspecified atom stereocenters. The van der Waals surface area contributed by atoms with Crippen molar-refractivity contribution < 1.29 is 0 Å². The van der Waals surface area contributed by atoms with Crippen molar-refractivity contribution in [2.75, 3.05) is 19.6 Å². The summed E-state index contributed by atoms with van der Waals surface area (Å²) >= 11 is 0. The number of nitriles is 1. The van der Waals surface area contributed by atoms with Gasteiger partial charge in [-0.2, -0.15) is 5.26 Å². The number of hydrogen-bond donors (Lipinski definition) is 0. The molecule has 1 aromatic rings. The lowest BCUT2D eigenvalue weighted by molar-refractivity contribution is 0.344. The third-order valence-electron chi connectivity index (χ3n) is 2.14. The predicted octanol–water partition coefficient (Wildman–Crippen LogP) is 2.27. The minimum atomic E-state index is 0.456. The Hall–Kier alpha value is -1.77. The van der Waals surface area contributed by atoms with Gasteiger partial charge in [0.2, 0.25) is 0 Å². The van der Waals surface area contributed by atoms with Crippen molar-refractivity contribution in [3.05, 3.63) is 35.9 Å². The maximum absolute atomic E-state index is 8.64. The molecule has 1 rings (SSSR count). The Kier molecular flexibility index (Phi) is 5.78. The van der Waals surface area contributed by atoms with Crippen LogP contribution in [0.15, 0.2) is 30.3 Å². The van der Waals surface area contributed by atoms with Crippen LogP contribution in [0.4, 0.5) is 0 Å². The molecule has 0 saturated carbocycles. The maximum Gasteiger partial charge on any atom is 0.0873 e. The van der Waals surface area contributed by atoms with Crippen molar-refractivity contribution in [2.24, 2.45) is 0 Å². The van der Waals surface area contributed by atoms with E-state index in [1.165, 1.54) is 0 Å². The minimum Gasteiger partial charge on any atom is -0.279 e. The van der Waals surface area contributed by atoms with Gasteiger partial charge in [0.15, 0.2) is 0 Å². The van der Waals surface area contributed by atoms with E-state index in [-0.39, 0.29) is 0 Å². The molecule has 0 saturated heterocycles. The van der Waals surface area contributed by atoms with Crippen LogP contribution in [-0.2, 0) is 0 Å². The SMILES string of the molecule is CCCN(CC#N)CC#Cc1ccccc1. The Labute approximate surface area is 97.5 Å². The monoisotopic (exact) mass is 212 g/mol. The first-order valence-electron chi connectivity index (χ1n) is 5.50. The van der Waals surface area contributed by atoms with Crippen molar-refractivity contribution >= 4 is 0 Å². The van der Waals surface area contributed by atoms with Crippen LogP contribution < -0.4 is 0 Å². The number of rotatable bonds is 4. The fourth-order valence-corrected chi connectivity index (χ4v) is 1.41. The zero-order valence-corrected chi connectivity index (χ0v) is 9.61. The normalized spacial score (nSPS) is 9.31. The van der Waals surface area contributed by atoms with Crippen LogP contribution in [-0.4, -0.2) is 24.5 Å². The summed E-state index contributed by atoms with van der Waals surface area (Å²) in [4.78, 5) is 2.05. The average Bonchev–Trinajstić information content (AvgIpc) is 2.31.